The molecule has 0 spiro atoms. The highest BCUT2D eigenvalue weighted by Crippen LogP contribution is 2.22. The second-order valence-electron chi connectivity index (χ2n) is 5.35. The minimum atomic E-state index is -0.548. The van der Waals surface area contributed by atoms with Crippen molar-refractivity contribution >= 4 is 17.7 Å². The number of methoxy groups -OCH3 is 1. The van der Waals surface area contributed by atoms with Crippen LogP contribution >= 0.6 is 0 Å². The second kappa shape index (κ2) is 10.1. The fourth-order valence-corrected chi connectivity index (χ4v) is 2.26. The first-order valence-electron chi connectivity index (χ1n) is 8.01. The molecule has 0 atom stereocenters. The summed E-state index contributed by atoms with van der Waals surface area (Å²) in [7, 11) is 1.66. The van der Waals surface area contributed by atoms with Crippen LogP contribution in [-0.4, -0.2) is 31.3 Å². The van der Waals surface area contributed by atoms with Gasteiger partial charge >= 0.3 is 0 Å². The molecule has 0 heterocycles. The third kappa shape index (κ3) is 6.29. The Morgan fingerprint density at radius 2 is 1.88 bits per heavy atom. The van der Waals surface area contributed by atoms with E-state index in [1.54, 1.807) is 18.7 Å². The molecular formula is C19H23N3O3. The van der Waals surface area contributed by atoms with E-state index in [1.807, 2.05) is 48.5 Å². The van der Waals surface area contributed by atoms with Crippen molar-refractivity contribution in [1.29, 1.82) is 0 Å². The highest BCUT2D eigenvalue weighted by atomic mass is 16.5. The van der Waals surface area contributed by atoms with Crippen LogP contribution in [0, 0.1) is 0 Å². The lowest BCUT2D eigenvalue weighted by Crippen LogP contribution is -2.21. The number of amides is 1. The van der Waals surface area contributed by atoms with Crippen LogP contribution in [0.3, 0.4) is 0 Å². The standard InChI is InChI=1S/C19H23N3O3/c1-25-18-5-3-2-4-17(18)21-13-12-20-14-16-8-6-15(7-9-16)10-11-19(23)22-24/h2-11,20-21,24H,12-14H2,1H3,(H,22,23)/b11-10+. The molecule has 0 aliphatic heterocycles. The van der Waals surface area contributed by atoms with E-state index in [-0.39, 0.29) is 0 Å². The number of anilines is 1. The van der Waals surface area contributed by atoms with Gasteiger partial charge < -0.3 is 15.4 Å². The Hall–Kier alpha value is -2.83. The minimum Gasteiger partial charge on any atom is -0.495 e. The first-order chi connectivity index (χ1) is 12.2. The summed E-state index contributed by atoms with van der Waals surface area (Å²) >= 11 is 0. The molecule has 2 aromatic rings. The fourth-order valence-electron chi connectivity index (χ4n) is 2.26. The molecular weight excluding hydrogens is 318 g/mol. The number of hydrogen-bond donors (Lipinski definition) is 4. The van der Waals surface area contributed by atoms with Crippen molar-refractivity contribution in [2.75, 3.05) is 25.5 Å². The number of carbonyl (C=O) groups is 1. The van der Waals surface area contributed by atoms with Crippen molar-refractivity contribution in [3.8, 4) is 5.75 Å². The fraction of sp³-hybridized carbons (Fsp3) is 0.211. The maximum Gasteiger partial charge on any atom is 0.267 e. The van der Waals surface area contributed by atoms with E-state index in [4.69, 9.17) is 9.94 Å². The number of benzene rings is 2. The zero-order chi connectivity index (χ0) is 17.9. The Kier molecular flexibility index (Phi) is 7.49. The molecule has 0 bridgehead atoms. The molecule has 0 aliphatic carbocycles. The third-order valence-corrected chi connectivity index (χ3v) is 3.57. The second-order valence-corrected chi connectivity index (χ2v) is 5.35. The van der Waals surface area contributed by atoms with Crippen LogP contribution < -0.4 is 20.9 Å². The van der Waals surface area contributed by atoms with Crippen LogP contribution in [0.1, 0.15) is 11.1 Å². The Bertz CT molecular complexity index is 699. The third-order valence-electron chi connectivity index (χ3n) is 3.57. The average molecular weight is 341 g/mol. The summed E-state index contributed by atoms with van der Waals surface area (Å²) in [5.74, 6) is 0.286. The maximum atomic E-state index is 10.9. The first kappa shape index (κ1) is 18.5. The molecule has 132 valence electrons. The van der Waals surface area contributed by atoms with Crippen LogP contribution in [0.5, 0.6) is 5.75 Å². The monoisotopic (exact) mass is 341 g/mol. The lowest BCUT2D eigenvalue weighted by molar-refractivity contribution is -0.124. The van der Waals surface area contributed by atoms with Crippen molar-refractivity contribution in [1.82, 2.24) is 10.8 Å². The van der Waals surface area contributed by atoms with Gasteiger partial charge in [0.1, 0.15) is 5.75 Å². The number of rotatable bonds is 9. The van der Waals surface area contributed by atoms with Crippen LogP contribution in [-0.2, 0) is 11.3 Å². The van der Waals surface area contributed by atoms with E-state index >= 15 is 0 Å². The Morgan fingerprint density at radius 3 is 2.60 bits per heavy atom. The summed E-state index contributed by atoms with van der Waals surface area (Å²) in [6.07, 6.45) is 2.91. The van der Waals surface area contributed by atoms with Gasteiger partial charge in [-0.3, -0.25) is 10.0 Å². The van der Waals surface area contributed by atoms with Gasteiger partial charge in [0.2, 0.25) is 0 Å². The van der Waals surface area contributed by atoms with Crippen LogP contribution in [0.25, 0.3) is 6.08 Å². The number of hydroxylamine groups is 1. The Balaban J connectivity index is 1.71. The Labute approximate surface area is 147 Å². The predicted molar refractivity (Wildman–Crippen MR) is 98.6 cm³/mol. The van der Waals surface area contributed by atoms with Gasteiger partial charge in [0.15, 0.2) is 0 Å². The number of nitrogens with one attached hydrogen (secondary N) is 3. The zero-order valence-electron chi connectivity index (χ0n) is 14.2. The highest BCUT2D eigenvalue weighted by Gasteiger charge is 1.99. The molecule has 0 saturated carbocycles. The van der Waals surface area contributed by atoms with Crippen LogP contribution in [0.15, 0.2) is 54.6 Å². The predicted octanol–water partition coefficient (Wildman–Crippen LogP) is 2.42. The molecule has 0 aliphatic rings. The molecule has 2 rings (SSSR count). The molecule has 0 aromatic heterocycles. The van der Waals surface area contributed by atoms with Gasteiger partial charge in [-0.1, -0.05) is 36.4 Å². The van der Waals surface area contributed by atoms with Crippen molar-refractivity contribution in [3.63, 3.8) is 0 Å². The van der Waals surface area contributed by atoms with Gasteiger partial charge in [-0.2, -0.15) is 0 Å². The van der Waals surface area contributed by atoms with Crippen LogP contribution in [0.2, 0.25) is 0 Å². The van der Waals surface area contributed by atoms with E-state index in [9.17, 15) is 4.79 Å². The van der Waals surface area contributed by atoms with E-state index in [1.165, 1.54) is 6.08 Å². The summed E-state index contributed by atoms with van der Waals surface area (Å²) in [5.41, 5.74) is 4.58. The summed E-state index contributed by atoms with van der Waals surface area (Å²) in [4.78, 5) is 10.9. The smallest absolute Gasteiger partial charge is 0.267 e. The molecule has 0 unspecified atom stereocenters. The summed E-state index contributed by atoms with van der Waals surface area (Å²) in [6, 6.07) is 15.7. The number of carbonyl (C=O) groups excluding carboxylic acids is 1. The average Bonchev–Trinajstić information content (AvgIpc) is 2.67. The number of hydrogen-bond acceptors (Lipinski definition) is 5. The summed E-state index contributed by atoms with van der Waals surface area (Å²) in [5, 5.41) is 15.1. The highest BCUT2D eigenvalue weighted by molar-refractivity contribution is 5.90. The SMILES string of the molecule is COc1ccccc1NCCNCc1ccc(/C=C/C(=O)NO)cc1. The van der Waals surface area contributed by atoms with E-state index in [0.717, 1.165) is 42.2 Å². The molecule has 2 aromatic carbocycles. The molecule has 25 heavy (non-hydrogen) atoms. The van der Waals surface area contributed by atoms with Crippen molar-refractivity contribution in [2.45, 2.75) is 6.54 Å². The zero-order valence-corrected chi connectivity index (χ0v) is 14.2. The number of para-hydroxylation sites is 2. The molecule has 4 N–H and O–H groups in total. The lowest BCUT2D eigenvalue weighted by atomic mass is 10.1. The van der Waals surface area contributed by atoms with Crippen molar-refractivity contribution < 1.29 is 14.7 Å². The van der Waals surface area contributed by atoms with E-state index in [0.29, 0.717) is 0 Å². The first-order valence-corrected chi connectivity index (χ1v) is 8.01. The minimum absolute atomic E-state index is 0.548. The van der Waals surface area contributed by atoms with Crippen molar-refractivity contribution in [3.05, 3.63) is 65.7 Å². The van der Waals surface area contributed by atoms with Gasteiger partial charge in [0.25, 0.3) is 5.91 Å². The molecule has 6 heteroatoms. The van der Waals surface area contributed by atoms with Crippen LogP contribution in [0.4, 0.5) is 5.69 Å². The maximum absolute atomic E-state index is 10.9. The van der Waals surface area contributed by atoms with E-state index in [2.05, 4.69) is 10.6 Å². The van der Waals surface area contributed by atoms with Gasteiger partial charge in [-0.05, 0) is 29.3 Å². The van der Waals surface area contributed by atoms with Gasteiger partial charge in [-0.15, -0.1) is 0 Å². The quantitative estimate of drug-likeness (QED) is 0.244. The van der Waals surface area contributed by atoms with Gasteiger partial charge in [0, 0.05) is 25.7 Å². The summed E-state index contributed by atoms with van der Waals surface area (Å²) < 4.78 is 5.30. The summed E-state index contributed by atoms with van der Waals surface area (Å²) in [6.45, 7) is 2.36. The largest absolute Gasteiger partial charge is 0.495 e. The molecule has 0 saturated heterocycles. The molecule has 6 nitrogen and oxygen atoms in total. The molecule has 1 amide bonds. The topological polar surface area (TPSA) is 82.6 Å². The molecule has 0 fully saturated rings. The lowest BCUT2D eigenvalue weighted by Gasteiger charge is -2.11. The van der Waals surface area contributed by atoms with E-state index < -0.39 is 5.91 Å². The Morgan fingerprint density at radius 1 is 1.12 bits per heavy atom. The molecule has 0 radical (unpaired) electrons. The van der Waals surface area contributed by atoms with Gasteiger partial charge in [-0.25, -0.2) is 5.48 Å². The van der Waals surface area contributed by atoms with Gasteiger partial charge in [0.05, 0.1) is 12.8 Å². The van der Waals surface area contributed by atoms with Crippen molar-refractivity contribution in [2.24, 2.45) is 0 Å². The number of ether oxygens (including phenoxy) is 1. The normalized spacial score (nSPS) is 10.6.